The number of hydrogen-bond acceptors (Lipinski definition) is 2. The van der Waals surface area contributed by atoms with Gasteiger partial charge in [0.15, 0.2) is 0 Å². The molecule has 1 aromatic heterocycles. The fourth-order valence-electron chi connectivity index (χ4n) is 2.18. The van der Waals surface area contributed by atoms with Gasteiger partial charge in [-0.05, 0) is 24.7 Å². The Morgan fingerprint density at radius 1 is 1.44 bits per heavy atom. The fraction of sp³-hybridized carbons (Fsp3) is 0.667. The largest absolute Gasteiger partial charge is 0.339 e. The Kier molecular flexibility index (Phi) is 2.99. The fourth-order valence-corrected chi connectivity index (χ4v) is 2.18. The van der Waals surface area contributed by atoms with Crippen molar-refractivity contribution in [3.05, 3.63) is 18.0 Å². The second-order valence-corrected chi connectivity index (χ2v) is 5.30. The van der Waals surface area contributed by atoms with Crippen LogP contribution >= 0.6 is 0 Å². The first-order chi connectivity index (χ1) is 7.58. The molecule has 0 spiro atoms. The molecule has 2 rings (SSSR count). The van der Waals surface area contributed by atoms with Crippen molar-refractivity contribution in [3.8, 4) is 0 Å². The van der Waals surface area contributed by atoms with Gasteiger partial charge in [0.25, 0.3) is 5.91 Å². The van der Waals surface area contributed by atoms with Crippen molar-refractivity contribution in [1.82, 2.24) is 15.1 Å². The number of amides is 1. The highest BCUT2D eigenvalue weighted by Crippen LogP contribution is 2.30. The van der Waals surface area contributed by atoms with Crippen LogP contribution in [0.1, 0.15) is 43.5 Å². The zero-order valence-electron chi connectivity index (χ0n) is 9.99. The summed E-state index contributed by atoms with van der Waals surface area (Å²) in [5.41, 5.74) is 1.03. The lowest BCUT2D eigenvalue weighted by molar-refractivity contribution is 0.0757. The molecule has 0 radical (unpaired) electrons. The van der Waals surface area contributed by atoms with Gasteiger partial charge in [0.2, 0.25) is 0 Å². The maximum atomic E-state index is 12.1. The highest BCUT2D eigenvalue weighted by atomic mass is 16.2. The third-order valence-electron chi connectivity index (χ3n) is 3.37. The van der Waals surface area contributed by atoms with Crippen LogP contribution < -0.4 is 0 Å². The molecule has 1 aliphatic rings. The lowest BCUT2D eigenvalue weighted by Gasteiger charge is -2.23. The number of rotatable bonds is 1. The summed E-state index contributed by atoms with van der Waals surface area (Å²) in [4.78, 5) is 14.0. The highest BCUT2D eigenvalue weighted by Gasteiger charge is 2.26. The van der Waals surface area contributed by atoms with Gasteiger partial charge in [-0.15, -0.1) is 0 Å². The van der Waals surface area contributed by atoms with Crippen LogP contribution in [0.5, 0.6) is 0 Å². The summed E-state index contributed by atoms with van der Waals surface area (Å²) < 4.78 is 0. The number of aromatic nitrogens is 2. The van der Waals surface area contributed by atoms with Gasteiger partial charge < -0.3 is 4.90 Å². The number of aromatic amines is 1. The third kappa shape index (κ3) is 2.43. The number of likely N-dealkylation sites (tertiary alicyclic amines) is 1. The smallest absolute Gasteiger partial charge is 0.257 e. The Balaban J connectivity index is 2.03. The molecule has 0 saturated carbocycles. The van der Waals surface area contributed by atoms with Crippen molar-refractivity contribution >= 4 is 5.91 Å². The number of hydrogen-bond donors (Lipinski definition) is 1. The van der Waals surface area contributed by atoms with Gasteiger partial charge in [-0.2, -0.15) is 5.10 Å². The summed E-state index contributed by atoms with van der Waals surface area (Å²) in [6.07, 6.45) is 6.63. The minimum atomic E-state index is 0.103. The number of carbonyl (C=O) groups excluding carboxylic acids is 1. The van der Waals surface area contributed by atoms with E-state index in [1.807, 2.05) is 4.90 Å². The second kappa shape index (κ2) is 4.28. The molecule has 0 aliphatic carbocycles. The maximum Gasteiger partial charge on any atom is 0.257 e. The first-order valence-corrected chi connectivity index (χ1v) is 5.87. The van der Waals surface area contributed by atoms with E-state index in [9.17, 15) is 4.79 Å². The normalized spacial score (nSPS) is 20.5. The van der Waals surface area contributed by atoms with E-state index in [-0.39, 0.29) is 5.91 Å². The van der Waals surface area contributed by atoms with Crippen LogP contribution in [0, 0.1) is 5.41 Å². The number of nitrogens with one attached hydrogen (secondary N) is 1. The van der Waals surface area contributed by atoms with E-state index in [1.165, 1.54) is 6.42 Å². The average Bonchev–Trinajstić information content (AvgIpc) is 2.69. The monoisotopic (exact) mass is 221 g/mol. The topological polar surface area (TPSA) is 49.0 Å². The molecule has 1 amide bonds. The SMILES string of the molecule is CC1(C)CCCN(C(=O)c2cn[nH]c2)CC1. The zero-order chi connectivity index (χ0) is 11.6. The van der Waals surface area contributed by atoms with Gasteiger partial charge in [0.05, 0.1) is 11.8 Å². The first-order valence-electron chi connectivity index (χ1n) is 5.87. The van der Waals surface area contributed by atoms with Gasteiger partial charge in [-0.3, -0.25) is 9.89 Å². The van der Waals surface area contributed by atoms with Crippen LogP contribution in [0.3, 0.4) is 0 Å². The molecule has 0 aromatic carbocycles. The Morgan fingerprint density at radius 2 is 2.25 bits per heavy atom. The molecule has 16 heavy (non-hydrogen) atoms. The molecule has 4 nitrogen and oxygen atoms in total. The number of H-pyrrole nitrogens is 1. The van der Waals surface area contributed by atoms with Crippen LogP contribution in [-0.4, -0.2) is 34.1 Å². The van der Waals surface area contributed by atoms with Crippen LogP contribution in [-0.2, 0) is 0 Å². The lowest BCUT2D eigenvalue weighted by atomic mass is 9.85. The van der Waals surface area contributed by atoms with Crippen molar-refractivity contribution in [2.45, 2.75) is 33.1 Å². The van der Waals surface area contributed by atoms with E-state index < -0.39 is 0 Å². The molecule has 4 heteroatoms. The Labute approximate surface area is 96.0 Å². The Morgan fingerprint density at radius 3 is 2.94 bits per heavy atom. The van der Waals surface area contributed by atoms with Crippen molar-refractivity contribution in [2.75, 3.05) is 13.1 Å². The van der Waals surface area contributed by atoms with Gasteiger partial charge in [-0.1, -0.05) is 13.8 Å². The predicted molar refractivity (Wildman–Crippen MR) is 62.1 cm³/mol. The minimum Gasteiger partial charge on any atom is -0.339 e. The van der Waals surface area contributed by atoms with E-state index in [0.29, 0.717) is 11.0 Å². The van der Waals surface area contributed by atoms with Crippen LogP contribution in [0.4, 0.5) is 0 Å². The predicted octanol–water partition coefficient (Wildman–Crippen LogP) is 2.06. The third-order valence-corrected chi connectivity index (χ3v) is 3.37. The molecular weight excluding hydrogens is 202 g/mol. The molecule has 1 fully saturated rings. The molecule has 1 aromatic rings. The van der Waals surface area contributed by atoms with Crippen molar-refractivity contribution in [1.29, 1.82) is 0 Å². The molecular formula is C12H19N3O. The number of carbonyl (C=O) groups is 1. The van der Waals surface area contributed by atoms with Crippen molar-refractivity contribution in [3.63, 3.8) is 0 Å². The summed E-state index contributed by atoms with van der Waals surface area (Å²) in [6.45, 7) is 6.28. The molecule has 1 saturated heterocycles. The Hall–Kier alpha value is -1.32. The first kappa shape index (κ1) is 11.2. The average molecular weight is 221 g/mol. The lowest BCUT2D eigenvalue weighted by Crippen LogP contribution is -2.32. The number of nitrogens with zero attached hydrogens (tertiary/aromatic N) is 2. The summed E-state index contributed by atoms with van der Waals surface area (Å²) >= 11 is 0. The van der Waals surface area contributed by atoms with E-state index in [4.69, 9.17) is 0 Å². The van der Waals surface area contributed by atoms with E-state index in [1.54, 1.807) is 12.4 Å². The van der Waals surface area contributed by atoms with E-state index in [0.717, 1.165) is 25.9 Å². The zero-order valence-corrected chi connectivity index (χ0v) is 9.99. The van der Waals surface area contributed by atoms with Crippen LogP contribution in [0.25, 0.3) is 0 Å². The van der Waals surface area contributed by atoms with Crippen LogP contribution in [0.15, 0.2) is 12.4 Å². The van der Waals surface area contributed by atoms with E-state index >= 15 is 0 Å². The van der Waals surface area contributed by atoms with Gasteiger partial charge in [-0.25, -0.2) is 0 Å². The minimum absolute atomic E-state index is 0.103. The Bertz CT molecular complexity index is 356. The van der Waals surface area contributed by atoms with E-state index in [2.05, 4.69) is 24.0 Å². The summed E-state index contributed by atoms with van der Waals surface area (Å²) in [5, 5.41) is 6.50. The summed E-state index contributed by atoms with van der Waals surface area (Å²) in [5.74, 6) is 0.103. The molecule has 0 unspecified atom stereocenters. The van der Waals surface area contributed by atoms with Crippen molar-refractivity contribution in [2.24, 2.45) is 5.41 Å². The highest BCUT2D eigenvalue weighted by molar-refractivity contribution is 5.93. The molecule has 2 heterocycles. The molecule has 88 valence electrons. The molecule has 1 aliphatic heterocycles. The van der Waals surface area contributed by atoms with Crippen molar-refractivity contribution < 1.29 is 4.79 Å². The van der Waals surface area contributed by atoms with Crippen LogP contribution in [0.2, 0.25) is 0 Å². The van der Waals surface area contributed by atoms with Gasteiger partial charge in [0, 0.05) is 19.3 Å². The quantitative estimate of drug-likeness (QED) is 0.789. The second-order valence-electron chi connectivity index (χ2n) is 5.30. The maximum absolute atomic E-state index is 12.1. The summed E-state index contributed by atoms with van der Waals surface area (Å²) in [6, 6.07) is 0. The molecule has 0 bridgehead atoms. The van der Waals surface area contributed by atoms with Gasteiger partial charge >= 0.3 is 0 Å². The standard InChI is InChI=1S/C12H19N3O/c1-12(2)4-3-6-15(7-5-12)11(16)10-8-13-14-9-10/h8-9H,3-7H2,1-2H3,(H,13,14). The summed E-state index contributed by atoms with van der Waals surface area (Å²) in [7, 11) is 0. The molecule has 1 N–H and O–H groups in total. The van der Waals surface area contributed by atoms with Gasteiger partial charge in [0.1, 0.15) is 0 Å². The molecule has 0 atom stereocenters.